The minimum absolute atomic E-state index is 0.0116. The summed E-state index contributed by atoms with van der Waals surface area (Å²) >= 11 is 1.49. The number of hydrogen-bond donors (Lipinski definition) is 1. The summed E-state index contributed by atoms with van der Waals surface area (Å²) in [7, 11) is 0. The smallest absolute Gasteiger partial charge is 0.234 e. The molecule has 0 spiro atoms. The first-order valence-electron chi connectivity index (χ1n) is 10.1. The molecule has 148 valence electrons. The number of benzene rings is 1. The van der Waals surface area contributed by atoms with Crippen LogP contribution in [-0.4, -0.2) is 52.7 Å². The number of hydrogen-bond acceptors (Lipinski definition) is 6. The first-order chi connectivity index (χ1) is 13.8. The summed E-state index contributed by atoms with van der Waals surface area (Å²) in [4.78, 5) is 14.7. The third-order valence-corrected chi connectivity index (χ3v) is 6.35. The second-order valence-electron chi connectivity index (χ2n) is 7.70. The number of morpholine rings is 1. The van der Waals surface area contributed by atoms with E-state index < -0.39 is 0 Å². The molecule has 1 amide bonds. The van der Waals surface area contributed by atoms with Crippen LogP contribution in [0.2, 0.25) is 0 Å². The van der Waals surface area contributed by atoms with Crippen LogP contribution in [-0.2, 0) is 9.53 Å². The van der Waals surface area contributed by atoms with Crippen LogP contribution in [0.15, 0.2) is 29.4 Å². The molecule has 0 bridgehead atoms. The number of carbonyl (C=O) groups is 1. The van der Waals surface area contributed by atoms with Crippen molar-refractivity contribution < 1.29 is 9.53 Å². The highest BCUT2D eigenvalue weighted by Gasteiger charge is 2.36. The molecule has 1 N–H and O–H groups in total. The van der Waals surface area contributed by atoms with Crippen LogP contribution in [0.5, 0.6) is 0 Å². The van der Waals surface area contributed by atoms with Crippen LogP contribution >= 0.6 is 11.8 Å². The van der Waals surface area contributed by atoms with E-state index in [0.29, 0.717) is 17.7 Å². The molecule has 28 heavy (non-hydrogen) atoms. The van der Waals surface area contributed by atoms with E-state index in [1.54, 1.807) is 0 Å². The van der Waals surface area contributed by atoms with Crippen molar-refractivity contribution in [3.05, 3.63) is 30.1 Å². The van der Waals surface area contributed by atoms with Crippen LogP contribution < -0.4 is 10.2 Å². The van der Waals surface area contributed by atoms with E-state index in [9.17, 15) is 4.79 Å². The second kappa shape index (κ2) is 7.75. The fourth-order valence-electron chi connectivity index (χ4n) is 3.59. The lowest BCUT2D eigenvalue weighted by Crippen LogP contribution is -2.36. The minimum Gasteiger partial charge on any atom is -0.378 e. The van der Waals surface area contributed by atoms with E-state index >= 15 is 0 Å². The van der Waals surface area contributed by atoms with Crippen LogP contribution in [0.3, 0.4) is 0 Å². The molecule has 1 aliphatic heterocycles. The van der Waals surface area contributed by atoms with Gasteiger partial charge in [0.1, 0.15) is 5.82 Å². The van der Waals surface area contributed by atoms with Crippen LogP contribution in [0.25, 0.3) is 0 Å². The Kier molecular flexibility index (Phi) is 4.98. The van der Waals surface area contributed by atoms with Crippen molar-refractivity contribution in [1.29, 1.82) is 0 Å². The van der Waals surface area contributed by atoms with Gasteiger partial charge in [-0.3, -0.25) is 4.79 Å². The Morgan fingerprint density at radius 2 is 1.86 bits per heavy atom. The number of rotatable bonds is 7. The maximum absolute atomic E-state index is 12.4. The Balaban J connectivity index is 1.17. The maximum Gasteiger partial charge on any atom is 0.234 e. The van der Waals surface area contributed by atoms with Crippen molar-refractivity contribution in [3.63, 3.8) is 0 Å². The van der Waals surface area contributed by atoms with Gasteiger partial charge in [-0.2, -0.15) is 0 Å². The Hall–Kier alpha value is -2.06. The van der Waals surface area contributed by atoms with Crippen LogP contribution in [0.1, 0.15) is 43.5 Å². The molecule has 2 aliphatic carbocycles. The highest BCUT2D eigenvalue weighted by Crippen LogP contribution is 2.45. The summed E-state index contributed by atoms with van der Waals surface area (Å²) in [5, 5.41) is 12.6. The average molecular weight is 400 g/mol. The van der Waals surface area contributed by atoms with E-state index in [-0.39, 0.29) is 5.91 Å². The highest BCUT2D eigenvalue weighted by atomic mass is 32.2. The quantitative estimate of drug-likeness (QED) is 0.722. The first kappa shape index (κ1) is 18.0. The molecular weight excluding hydrogens is 374 g/mol. The highest BCUT2D eigenvalue weighted by molar-refractivity contribution is 7.99. The summed E-state index contributed by atoms with van der Waals surface area (Å²) in [6.07, 6.45) is 4.84. The fraction of sp³-hybridized carbons (Fsp3) is 0.550. The lowest BCUT2D eigenvalue weighted by atomic mass is 10.2. The number of ether oxygens (including phenoxy) is 1. The molecule has 3 aliphatic rings. The third kappa shape index (κ3) is 4.03. The van der Waals surface area contributed by atoms with E-state index in [0.717, 1.165) is 43.0 Å². The summed E-state index contributed by atoms with van der Waals surface area (Å²) in [5.74, 6) is 2.05. The van der Waals surface area contributed by atoms with Crippen molar-refractivity contribution in [2.45, 2.75) is 42.8 Å². The van der Waals surface area contributed by atoms with E-state index in [2.05, 4.69) is 37.1 Å². The molecule has 1 aromatic heterocycles. The number of carbonyl (C=O) groups excluding carboxylic acids is 1. The minimum atomic E-state index is -0.0116. The molecule has 0 unspecified atom stereocenters. The monoisotopic (exact) mass is 399 g/mol. The van der Waals surface area contributed by atoms with Crippen LogP contribution in [0, 0.1) is 0 Å². The maximum atomic E-state index is 12.4. The number of amides is 1. The van der Waals surface area contributed by atoms with Crippen molar-refractivity contribution in [2.75, 3.05) is 42.3 Å². The van der Waals surface area contributed by atoms with Gasteiger partial charge in [-0.1, -0.05) is 11.8 Å². The summed E-state index contributed by atoms with van der Waals surface area (Å²) in [5.41, 5.74) is 1.99. The Labute approximate surface area is 168 Å². The van der Waals surface area contributed by atoms with E-state index in [1.165, 1.54) is 43.1 Å². The summed E-state index contributed by atoms with van der Waals surface area (Å²) < 4.78 is 7.68. The lowest BCUT2D eigenvalue weighted by molar-refractivity contribution is -0.113. The van der Waals surface area contributed by atoms with Crippen molar-refractivity contribution in [1.82, 2.24) is 14.8 Å². The van der Waals surface area contributed by atoms with Gasteiger partial charge in [-0.25, -0.2) is 0 Å². The fourth-order valence-corrected chi connectivity index (χ4v) is 4.40. The zero-order valence-corrected chi connectivity index (χ0v) is 16.7. The molecule has 8 heteroatoms. The second-order valence-corrected chi connectivity index (χ2v) is 8.64. The van der Waals surface area contributed by atoms with Crippen molar-refractivity contribution in [2.24, 2.45) is 0 Å². The molecule has 0 atom stereocenters. The van der Waals surface area contributed by atoms with E-state index in [4.69, 9.17) is 4.74 Å². The van der Waals surface area contributed by atoms with Gasteiger partial charge >= 0.3 is 0 Å². The zero-order valence-electron chi connectivity index (χ0n) is 15.8. The lowest BCUT2D eigenvalue weighted by Gasteiger charge is -2.28. The molecular formula is C20H25N5O2S. The van der Waals surface area contributed by atoms with E-state index in [1.807, 2.05) is 12.1 Å². The molecule has 0 radical (unpaired) electrons. The zero-order chi connectivity index (χ0) is 18.9. The molecule has 1 saturated heterocycles. The third-order valence-electron chi connectivity index (χ3n) is 5.41. The standard InChI is InChI=1S/C20H25N5O2S/c26-18(21-15-3-5-16(6-4-15)24-9-11-27-12-10-24)13-28-20-23-22-19(14-1-2-14)25(20)17-7-8-17/h3-6,14,17H,1-2,7-13H2,(H,21,26). The van der Waals surface area contributed by atoms with Gasteiger partial charge < -0.3 is 19.5 Å². The SMILES string of the molecule is O=C(CSc1nnc(C2CC2)n1C1CC1)Nc1ccc(N2CCOCC2)cc1. The van der Waals surface area contributed by atoms with Gasteiger partial charge in [-0.05, 0) is 49.9 Å². The summed E-state index contributed by atoms with van der Waals surface area (Å²) in [6, 6.07) is 8.58. The molecule has 5 rings (SSSR count). The number of aromatic nitrogens is 3. The van der Waals surface area contributed by atoms with Gasteiger partial charge in [0.05, 0.1) is 19.0 Å². The molecule has 2 saturated carbocycles. The van der Waals surface area contributed by atoms with Crippen molar-refractivity contribution >= 4 is 29.0 Å². The molecule has 2 aromatic rings. The normalized spacial score (nSPS) is 19.6. The number of anilines is 2. The first-order valence-corrected chi connectivity index (χ1v) is 11.1. The van der Waals surface area contributed by atoms with Gasteiger partial charge in [0.2, 0.25) is 5.91 Å². The Morgan fingerprint density at radius 3 is 2.54 bits per heavy atom. The number of thioether (sulfide) groups is 1. The summed E-state index contributed by atoms with van der Waals surface area (Å²) in [6.45, 7) is 3.35. The number of nitrogens with zero attached hydrogens (tertiary/aromatic N) is 4. The topological polar surface area (TPSA) is 72.3 Å². The van der Waals surface area contributed by atoms with Gasteiger partial charge in [0, 0.05) is 36.4 Å². The molecule has 3 fully saturated rings. The Bertz CT molecular complexity index is 839. The Morgan fingerprint density at radius 1 is 1.11 bits per heavy atom. The molecule has 1 aromatic carbocycles. The predicted octanol–water partition coefficient (Wildman–Crippen LogP) is 3.06. The van der Waals surface area contributed by atoms with Gasteiger partial charge in [0.25, 0.3) is 0 Å². The number of nitrogens with one attached hydrogen (secondary N) is 1. The van der Waals surface area contributed by atoms with Gasteiger partial charge in [0.15, 0.2) is 5.16 Å². The average Bonchev–Trinajstić information content (AvgIpc) is 3.66. The largest absolute Gasteiger partial charge is 0.378 e. The molecule has 7 nitrogen and oxygen atoms in total. The van der Waals surface area contributed by atoms with Crippen molar-refractivity contribution in [3.8, 4) is 0 Å². The van der Waals surface area contributed by atoms with Gasteiger partial charge in [-0.15, -0.1) is 10.2 Å². The molecule has 2 heterocycles. The van der Waals surface area contributed by atoms with Crippen LogP contribution in [0.4, 0.5) is 11.4 Å². The predicted molar refractivity (Wildman–Crippen MR) is 109 cm³/mol.